The zero-order valence-corrected chi connectivity index (χ0v) is 15.2. The highest BCUT2D eigenvalue weighted by Crippen LogP contribution is 1.90. The number of nitrogens with zero attached hydrogens (tertiary/aromatic N) is 1. The van der Waals surface area contributed by atoms with Crippen LogP contribution in [0.4, 0.5) is 0 Å². The number of hydrogen-bond acceptors (Lipinski definition) is 3. The lowest BCUT2D eigenvalue weighted by Gasteiger charge is -2.11. The first-order valence-corrected chi connectivity index (χ1v) is 8.12. The van der Waals surface area contributed by atoms with Crippen molar-refractivity contribution in [1.29, 1.82) is 0 Å². The summed E-state index contributed by atoms with van der Waals surface area (Å²) in [6.45, 7) is 5.55. The first-order chi connectivity index (χ1) is 8.55. The molecule has 0 heterocycles. The molecule has 0 rings (SSSR count). The Morgan fingerprint density at radius 2 is 1.68 bits per heavy atom. The maximum Gasteiger partial charge on any atom is 0.211 e. The Morgan fingerprint density at radius 3 is 2.21 bits per heavy atom. The molecule has 0 saturated carbocycles. The van der Waals surface area contributed by atoms with E-state index >= 15 is 0 Å². The van der Waals surface area contributed by atoms with Gasteiger partial charge < -0.3 is 10.6 Å². The summed E-state index contributed by atoms with van der Waals surface area (Å²) < 4.78 is 24.8. The van der Waals surface area contributed by atoms with Crippen LogP contribution in [0, 0.1) is 0 Å². The number of hydrogen-bond donors (Lipinski definition) is 3. The first-order valence-electron chi connectivity index (χ1n) is 6.47. The van der Waals surface area contributed by atoms with Crippen molar-refractivity contribution < 1.29 is 8.42 Å². The summed E-state index contributed by atoms with van der Waals surface area (Å²) in [6, 6.07) is 0. The molecule has 0 unspecified atom stereocenters. The second kappa shape index (κ2) is 12.9. The maximum absolute atomic E-state index is 11.2. The lowest BCUT2D eigenvalue weighted by molar-refractivity contribution is 0.581. The third-order valence-corrected chi connectivity index (χ3v) is 3.82. The second-order valence-corrected chi connectivity index (χ2v) is 6.03. The Bertz CT molecular complexity index is 334. The molecule has 0 saturated heterocycles. The minimum absolute atomic E-state index is 0. The van der Waals surface area contributed by atoms with E-state index in [2.05, 4.69) is 27.3 Å². The van der Waals surface area contributed by atoms with Crippen LogP contribution in [0.3, 0.4) is 0 Å². The molecule has 6 nitrogen and oxygen atoms in total. The molecule has 0 bridgehead atoms. The van der Waals surface area contributed by atoms with E-state index in [0.717, 1.165) is 13.0 Å². The lowest BCUT2D eigenvalue weighted by Crippen LogP contribution is -2.42. The molecular formula is C11H27IN4O2S. The van der Waals surface area contributed by atoms with Crippen molar-refractivity contribution in [3.63, 3.8) is 0 Å². The van der Waals surface area contributed by atoms with E-state index in [0.29, 0.717) is 19.0 Å². The van der Waals surface area contributed by atoms with Crippen molar-refractivity contribution in [2.45, 2.75) is 33.1 Å². The highest BCUT2D eigenvalue weighted by Gasteiger charge is 2.04. The molecule has 0 aromatic rings. The minimum atomic E-state index is -3.10. The number of halogens is 1. The Morgan fingerprint density at radius 1 is 1.05 bits per heavy atom. The monoisotopic (exact) mass is 406 g/mol. The highest BCUT2D eigenvalue weighted by atomic mass is 127. The van der Waals surface area contributed by atoms with Gasteiger partial charge in [0.15, 0.2) is 5.96 Å². The van der Waals surface area contributed by atoms with Crippen LogP contribution in [0.1, 0.15) is 33.1 Å². The summed E-state index contributed by atoms with van der Waals surface area (Å²) in [5, 5.41) is 6.23. The van der Waals surface area contributed by atoms with Gasteiger partial charge in [-0.05, 0) is 13.3 Å². The molecular weight excluding hydrogens is 379 g/mol. The van der Waals surface area contributed by atoms with Crippen molar-refractivity contribution in [1.82, 2.24) is 15.4 Å². The smallest absolute Gasteiger partial charge is 0.211 e. The summed E-state index contributed by atoms with van der Waals surface area (Å²) in [5.74, 6) is 0.818. The highest BCUT2D eigenvalue weighted by molar-refractivity contribution is 14.0. The van der Waals surface area contributed by atoms with E-state index in [4.69, 9.17) is 0 Å². The van der Waals surface area contributed by atoms with Gasteiger partial charge in [0, 0.05) is 26.7 Å². The van der Waals surface area contributed by atoms with E-state index < -0.39 is 10.0 Å². The van der Waals surface area contributed by atoms with Crippen molar-refractivity contribution in [2.75, 3.05) is 32.4 Å². The summed E-state index contributed by atoms with van der Waals surface area (Å²) >= 11 is 0. The second-order valence-electron chi connectivity index (χ2n) is 3.93. The van der Waals surface area contributed by atoms with Crippen LogP contribution in [0.5, 0.6) is 0 Å². The summed E-state index contributed by atoms with van der Waals surface area (Å²) in [7, 11) is -1.40. The molecule has 0 aliphatic rings. The number of aliphatic imine (C=N–C) groups is 1. The standard InChI is InChI=1S/C11H26N4O2S.HI/c1-4-6-7-8-13-11(12-3)14-9-10-15-18(16,17)5-2;/h15H,4-10H2,1-3H3,(H2,12,13,14);1H. The molecule has 116 valence electrons. The number of sulfonamides is 1. The fourth-order valence-corrected chi connectivity index (χ4v) is 1.91. The Kier molecular flexibility index (Phi) is 14.4. The van der Waals surface area contributed by atoms with Crippen molar-refractivity contribution in [3.05, 3.63) is 0 Å². The molecule has 0 spiro atoms. The van der Waals surface area contributed by atoms with Gasteiger partial charge in [-0.25, -0.2) is 13.1 Å². The quantitative estimate of drug-likeness (QED) is 0.230. The van der Waals surface area contributed by atoms with Gasteiger partial charge in [-0.3, -0.25) is 4.99 Å². The Balaban J connectivity index is 0. The van der Waals surface area contributed by atoms with E-state index in [1.165, 1.54) is 12.8 Å². The average molecular weight is 406 g/mol. The van der Waals surface area contributed by atoms with Gasteiger partial charge in [0.25, 0.3) is 0 Å². The number of nitrogens with one attached hydrogen (secondary N) is 3. The molecule has 0 amide bonds. The van der Waals surface area contributed by atoms with Gasteiger partial charge in [-0.2, -0.15) is 0 Å². The molecule has 0 aromatic heterocycles. The van der Waals surface area contributed by atoms with Gasteiger partial charge in [0.1, 0.15) is 0 Å². The van der Waals surface area contributed by atoms with Crippen LogP contribution in [0.25, 0.3) is 0 Å². The van der Waals surface area contributed by atoms with Gasteiger partial charge in [0.2, 0.25) is 10.0 Å². The lowest BCUT2D eigenvalue weighted by atomic mass is 10.2. The van der Waals surface area contributed by atoms with Crippen molar-refractivity contribution in [3.8, 4) is 0 Å². The topological polar surface area (TPSA) is 82.6 Å². The van der Waals surface area contributed by atoms with Gasteiger partial charge in [-0.15, -0.1) is 24.0 Å². The predicted molar refractivity (Wildman–Crippen MR) is 91.8 cm³/mol. The fourth-order valence-electron chi connectivity index (χ4n) is 1.29. The maximum atomic E-state index is 11.2. The van der Waals surface area contributed by atoms with Crippen LogP contribution in [-0.2, 0) is 10.0 Å². The van der Waals surface area contributed by atoms with E-state index in [1.54, 1.807) is 14.0 Å². The van der Waals surface area contributed by atoms with Crippen LogP contribution in [0.2, 0.25) is 0 Å². The van der Waals surface area contributed by atoms with Gasteiger partial charge in [0.05, 0.1) is 5.75 Å². The summed E-state index contributed by atoms with van der Waals surface area (Å²) in [4.78, 5) is 4.06. The SMILES string of the molecule is CCCCCNC(=NC)NCCNS(=O)(=O)CC.I. The average Bonchev–Trinajstić information content (AvgIpc) is 2.37. The van der Waals surface area contributed by atoms with E-state index in [-0.39, 0.29) is 29.7 Å². The molecule has 8 heteroatoms. The summed E-state index contributed by atoms with van der Waals surface area (Å²) in [5.41, 5.74) is 0. The first kappa shape index (κ1) is 21.2. The molecule has 0 aromatic carbocycles. The van der Waals surface area contributed by atoms with Crippen LogP contribution < -0.4 is 15.4 Å². The molecule has 19 heavy (non-hydrogen) atoms. The Hall–Kier alpha value is -0.0900. The Labute approximate surface area is 134 Å². The molecule has 0 fully saturated rings. The predicted octanol–water partition coefficient (Wildman–Crippen LogP) is 0.899. The van der Waals surface area contributed by atoms with E-state index in [1.807, 2.05) is 0 Å². The third kappa shape index (κ3) is 12.7. The van der Waals surface area contributed by atoms with Crippen LogP contribution in [-0.4, -0.2) is 46.8 Å². The fraction of sp³-hybridized carbons (Fsp3) is 0.909. The largest absolute Gasteiger partial charge is 0.356 e. The van der Waals surface area contributed by atoms with Crippen molar-refractivity contribution >= 4 is 40.0 Å². The van der Waals surface area contributed by atoms with Gasteiger partial charge >= 0.3 is 0 Å². The number of unbranched alkanes of at least 4 members (excludes halogenated alkanes) is 2. The minimum Gasteiger partial charge on any atom is -0.356 e. The van der Waals surface area contributed by atoms with Crippen LogP contribution in [0.15, 0.2) is 4.99 Å². The van der Waals surface area contributed by atoms with E-state index in [9.17, 15) is 8.42 Å². The zero-order valence-electron chi connectivity index (χ0n) is 12.0. The van der Waals surface area contributed by atoms with Crippen LogP contribution >= 0.6 is 24.0 Å². The number of guanidine groups is 1. The zero-order chi connectivity index (χ0) is 13.9. The van der Waals surface area contributed by atoms with Crippen molar-refractivity contribution in [2.24, 2.45) is 4.99 Å². The normalized spacial score (nSPS) is 11.8. The van der Waals surface area contributed by atoms with Gasteiger partial charge in [-0.1, -0.05) is 19.8 Å². The summed E-state index contributed by atoms with van der Waals surface area (Å²) in [6.07, 6.45) is 3.49. The molecule has 0 aliphatic heterocycles. The molecule has 0 atom stereocenters. The number of rotatable bonds is 9. The molecule has 0 radical (unpaired) electrons. The molecule has 3 N–H and O–H groups in total. The molecule has 0 aliphatic carbocycles. The third-order valence-electron chi connectivity index (χ3n) is 2.42.